The maximum Gasteiger partial charge on any atom is 0.325 e. The Morgan fingerprint density at radius 3 is 2.67 bits per heavy atom. The maximum absolute atomic E-state index is 13.9. The molecule has 2 aromatic carbocycles. The number of carbonyl (C=O) groups is 1. The first-order valence-electron chi connectivity index (χ1n) is 14.3. The van der Waals surface area contributed by atoms with Crippen LogP contribution in [0.25, 0.3) is 10.9 Å². The number of urea groups is 1. The van der Waals surface area contributed by atoms with Gasteiger partial charge in [-0.15, -0.1) is 0 Å². The van der Waals surface area contributed by atoms with Crippen molar-refractivity contribution in [3.05, 3.63) is 53.2 Å². The van der Waals surface area contributed by atoms with Crippen LogP contribution in [-0.2, 0) is 13.1 Å². The summed E-state index contributed by atoms with van der Waals surface area (Å²) in [6.07, 6.45) is 4.11. The first-order valence-corrected chi connectivity index (χ1v) is 14.7. The highest BCUT2D eigenvalue weighted by molar-refractivity contribution is 6.31. The average Bonchev–Trinajstić information content (AvgIpc) is 3.51. The molecular formula is C31H40ClN5O3. The normalized spacial score (nSPS) is 17.6. The molecule has 2 aliphatic rings. The molecule has 1 atom stereocenters. The summed E-state index contributed by atoms with van der Waals surface area (Å²) in [5, 5.41) is 1.74. The Balaban J connectivity index is 1.38. The number of aromatic nitrogens is 1. The Labute approximate surface area is 242 Å². The fraction of sp³-hybridized carbons (Fsp3) is 0.484. The average molecular weight is 566 g/mol. The molecule has 3 aromatic rings. The Hall–Kier alpha value is -3.39. The van der Waals surface area contributed by atoms with Gasteiger partial charge in [-0.2, -0.15) is 0 Å². The van der Waals surface area contributed by atoms with Crippen molar-refractivity contribution in [3.63, 3.8) is 0 Å². The van der Waals surface area contributed by atoms with Gasteiger partial charge in [0.05, 0.1) is 26.8 Å². The van der Waals surface area contributed by atoms with Gasteiger partial charge < -0.3 is 23.8 Å². The number of likely N-dealkylation sites (N-methyl/N-ethyl adjacent to an activating group) is 1. The number of amides is 2. The van der Waals surface area contributed by atoms with Crippen LogP contribution in [0.4, 0.5) is 10.5 Å². The fourth-order valence-electron chi connectivity index (χ4n) is 5.54. The summed E-state index contributed by atoms with van der Waals surface area (Å²) in [5.74, 6) is 2.39. The fourth-order valence-corrected chi connectivity index (χ4v) is 5.80. The lowest BCUT2D eigenvalue weighted by Gasteiger charge is -2.40. The minimum atomic E-state index is -0.00896. The van der Waals surface area contributed by atoms with Gasteiger partial charge >= 0.3 is 6.03 Å². The predicted molar refractivity (Wildman–Crippen MR) is 162 cm³/mol. The Bertz CT molecular complexity index is 1390. The lowest BCUT2D eigenvalue weighted by Crippen LogP contribution is -2.53. The largest absolute Gasteiger partial charge is 0.493 e. The molecule has 40 heavy (non-hydrogen) atoms. The van der Waals surface area contributed by atoms with Gasteiger partial charge in [0, 0.05) is 55.4 Å². The summed E-state index contributed by atoms with van der Waals surface area (Å²) < 4.78 is 13.7. The number of nitrogens with zero attached hydrogens (tertiary/aromatic N) is 5. The molecule has 0 radical (unpaired) electrons. The van der Waals surface area contributed by atoms with Crippen molar-refractivity contribution in [1.29, 1.82) is 0 Å². The van der Waals surface area contributed by atoms with Crippen molar-refractivity contribution in [2.24, 2.45) is 4.99 Å². The van der Waals surface area contributed by atoms with E-state index < -0.39 is 0 Å². The van der Waals surface area contributed by atoms with E-state index in [2.05, 4.69) is 47.5 Å². The van der Waals surface area contributed by atoms with E-state index in [1.165, 1.54) is 0 Å². The highest BCUT2D eigenvalue weighted by Crippen LogP contribution is 2.35. The smallest absolute Gasteiger partial charge is 0.325 e. The molecule has 0 saturated carbocycles. The third-order valence-corrected chi connectivity index (χ3v) is 8.35. The number of methoxy groups -OCH3 is 1. The standard InChI is InChI=1S/C31H40ClN5O3/c1-5-6-7-17-40-28-18-24(11-12-27(28)39-4)35-15-13-22(2)36(31(35)38)20-23-9-8-10-26-25(23)19-29(32)37(26)21-30-33-14-16-34(30)3/h8-12,18-19,22H,5-7,13-17,20-21H2,1-4H3/t22-/m0/s1. The van der Waals surface area contributed by atoms with Gasteiger partial charge in [-0.3, -0.25) is 9.89 Å². The molecule has 0 unspecified atom stereocenters. The molecule has 0 aliphatic carbocycles. The minimum Gasteiger partial charge on any atom is -0.493 e. The maximum atomic E-state index is 13.9. The van der Waals surface area contributed by atoms with E-state index in [0.29, 0.717) is 42.9 Å². The van der Waals surface area contributed by atoms with Gasteiger partial charge in [0.1, 0.15) is 11.0 Å². The van der Waals surface area contributed by atoms with E-state index in [-0.39, 0.29) is 12.1 Å². The highest BCUT2D eigenvalue weighted by Gasteiger charge is 2.32. The summed E-state index contributed by atoms with van der Waals surface area (Å²) in [6.45, 7) is 8.47. The zero-order valence-corrected chi connectivity index (χ0v) is 24.8. The monoisotopic (exact) mass is 565 g/mol. The quantitative estimate of drug-likeness (QED) is 0.251. The minimum absolute atomic E-state index is 0.00896. The third-order valence-electron chi connectivity index (χ3n) is 8.04. The van der Waals surface area contributed by atoms with E-state index in [1.54, 1.807) is 7.11 Å². The van der Waals surface area contributed by atoms with Gasteiger partial charge in [0.15, 0.2) is 11.5 Å². The van der Waals surface area contributed by atoms with Crippen LogP contribution in [0.5, 0.6) is 11.5 Å². The number of unbranched alkanes of at least 4 members (excludes halogenated alkanes) is 2. The topological polar surface area (TPSA) is 62.5 Å². The number of amidine groups is 1. The lowest BCUT2D eigenvalue weighted by molar-refractivity contribution is 0.166. The van der Waals surface area contributed by atoms with Crippen LogP contribution in [0.2, 0.25) is 5.15 Å². The van der Waals surface area contributed by atoms with Gasteiger partial charge in [-0.1, -0.05) is 43.5 Å². The number of fused-ring (bicyclic) bond motifs is 1. The van der Waals surface area contributed by atoms with Crippen molar-refractivity contribution in [3.8, 4) is 11.5 Å². The number of carbonyl (C=O) groups excluding carboxylic acids is 1. The number of benzene rings is 2. The summed E-state index contributed by atoms with van der Waals surface area (Å²) in [4.78, 5) is 24.5. The lowest BCUT2D eigenvalue weighted by atomic mass is 10.1. The number of hydrogen-bond acceptors (Lipinski definition) is 5. The number of anilines is 1. The molecule has 9 heteroatoms. The molecule has 0 N–H and O–H groups in total. The predicted octanol–water partition coefficient (Wildman–Crippen LogP) is 6.44. The number of ether oxygens (including phenoxy) is 2. The molecule has 1 fully saturated rings. The van der Waals surface area contributed by atoms with Crippen molar-refractivity contribution >= 4 is 40.1 Å². The first-order chi connectivity index (χ1) is 19.4. The molecule has 2 amide bonds. The second kappa shape index (κ2) is 12.4. The second-order valence-electron chi connectivity index (χ2n) is 10.7. The zero-order chi connectivity index (χ0) is 28.2. The summed E-state index contributed by atoms with van der Waals surface area (Å²) in [5.41, 5.74) is 2.96. The Morgan fingerprint density at radius 2 is 1.93 bits per heavy atom. The molecule has 1 aromatic heterocycles. The number of rotatable bonds is 11. The molecule has 214 valence electrons. The molecule has 3 heterocycles. The van der Waals surface area contributed by atoms with Crippen LogP contribution < -0.4 is 14.4 Å². The first kappa shape index (κ1) is 28.1. The number of halogens is 1. The summed E-state index contributed by atoms with van der Waals surface area (Å²) in [6, 6.07) is 14.1. The van der Waals surface area contributed by atoms with Gasteiger partial charge in [-0.05, 0) is 49.6 Å². The molecule has 1 saturated heterocycles. The molecule has 5 rings (SSSR count). The molecule has 0 bridgehead atoms. The molecule has 2 aliphatic heterocycles. The van der Waals surface area contributed by atoms with E-state index in [4.69, 9.17) is 21.1 Å². The van der Waals surface area contributed by atoms with Crippen LogP contribution in [0.1, 0.15) is 45.1 Å². The SMILES string of the molecule is CCCCCOc1cc(N2CC[C@H](C)N(Cc3cccc4c3cc(Cl)n4CC3=NCCN3C)C2=O)ccc1OC. The van der Waals surface area contributed by atoms with Gasteiger partial charge in [0.2, 0.25) is 0 Å². The molecule has 0 spiro atoms. The van der Waals surface area contributed by atoms with Gasteiger partial charge in [-0.25, -0.2) is 4.79 Å². The van der Waals surface area contributed by atoms with Crippen LogP contribution in [0, 0.1) is 0 Å². The van der Waals surface area contributed by atoms with Gasteiger partial charge in [0.25, 0.3) is 0 Å². The van der Waals surface area contributed by atoms with Crippen molar-refractivity contribution in [2.45, 2.75) is 58.7 Å². The van der Waals surface area contributed by atoms with Crippen molar-refractivity contribution < 1.29 is 14.3 Å². The van der Waals surface area contributed by atoms with Crippen molar-refractivity contribution in [2.75, 3.05) is 45.3 Å². The van der Waals surface area contributed by atoms with Crippen LogP contribution in [-0.4, -0.2) is 72.7 Å². The Kier molecular flexibility index (Phi) is 8.74. The zero-order valence-electron chi connectivity index (χ0n) is 24.0. The number of aliphatic imine (C=N–C) groups is 1. The highest BCUT2D eigenvalue weighted by atomic mass is 35.5. The summed E-state index contributed by atoms with van der Waals surface area (Å²) >= 11 is 6.74. The van der Waals surface area contributed by atoms with E-state index in [0.717, 1.165) is 66.8 Å². The molecule has 8 nitrogen and oxygen atoms in total. The summed E-state index contributed by atoms with van der Waals surface area (Å²) in [7, 11) is 3.71. The van der Waals surface area contributed by atoms with E-state index >= 15 is 0 Å². The number of hydrogen-bond donors (Lipinski definition) is 0. The van der Waals surface area contributed by atoms with E-state index in [1.807, 2.05) is 40.1 Å². The third kappa shape index (κ3) is 5.73. The van der Waals surface area contributed by atoms with Crippen LogP contribution in [0.15, 0.2) is 47.5 Å². The van der Waals surface area contributed by atoms with Crippen LogP contribution >= 0.6 is 11.6 Å². The second-order valence-corrected chi connectivity index (χ2v) is 11.1. The van der Waals surface area contributed by atoms with E-state index in [9.17, 15) is 4.79 Å². The Morgan fingerprint density at radius 1 is 1.07 bits per heavy atom. The van der Waals surface area contributed by atoms with Crippen molar-refractivity contribution in [1.82, 2.24) is 14.4 Å². The molecular weight excluding hydrogens is 526 g/mol. The van der Waals surface area contributed by atoms with Crippen LogP contribution in [0.3, 0.4) is 0 Å².